The Bertz CT molecular complexity index is 1580. The molecule has 0 saturated carbocycles. The van der Waals surface area contributed by atoms with Gasteiger partial charge in [0, 0.05) is 33.7 Å². The molecule has 1 fully saturated rings. The number of thioether (sulfide) groups is 1. The van der Waals surface area contributed by atoms with Gasteiger partial charge in [0.25, 0.3) is 5.56 Å². The largest absolute Gasteiger partial charge is 0.378 e. The molecule has 1 saturated heterocycles. The average molecular weight is 529 g/mol. The molecule has 0 aromatic carbocycles. The molecule has 0 aliphatic carbocycles. The van der Waals surface area contributed by atoms with Gasteiger partial charge in [0.15, 0.2) is 22.0 Å². The molecule has 37 heavy (non-hydrogen) atoms. The Hall–Kier alpha value is -3.72. The SMILES string of the molecule is CCSc1nc(N2CCOCC2)c2cnn(CCNC(=O)Cn3cnc4c3c(=O)n(C)c(=O)n4C)c2n1. The molecule has 1 amide bonds. The van der Waals surface area contributed by atoms with Gasteiger partial charge in [0.1, 0.15) is 12.4 Å². The van der Waals surface area contributed by atoms with Crippen LogP contribution < -0.4 is 21.5 Å². The van der Waals surface area contributed by atoms with Crippen LogP contribution in [0, 0.1) is 0 Å². The minimum atomic E-state index is -0.497. The molecule has 0 bridgehead atoms. The predicted octanol–water partition coefficient (Wildman–Crippen LogP) is -0.662. The fraction of sp³-hybridized carbons (Fsp3) is 0.500. The first-order valence-corrected chi connectivity index (χ1v) is 12.9. The van der Waals surface area contributed by atoms with Crippen molar-refractivity contribution in [2.24, 2.45) is 14.1 Å². The van der Waals surface area contributed by atoms with Crippen molar-refractivity contribution in [1.29, 1.82) is 0 Å². The number of anilines is 1. The number of hydrogen-bond acceptors (Lipinski definition) is 10. The van der Waals surface area contributed by atoms with Gasteiger partial charge in [0.05, 0.1) is 37.7 Å². The van der Waals surface area contributed by atoms with E-state index in [0.717, 1.165) is 34.6 Å². The molecule has 5 heterocycles. The van der Waals surface area contributed by atoms with Crippen LogP contribution in [-0.4, -0.2) is 82.9 Å². The number of ether oxygens (including phenoxy) is 1. The summed E-state index contributed by atoms with van der Waals surface area (Å²) in [6, 6.07) is 0. The van der Waals surface area contributed by atoms with Crippen LogP contribution in [0.4, 0.5) is 5.82 Å². The van der Waals surface area contributed by atoms with E-state index in [9.17, 15) is 14.4 Å². The maximum absolute atomic E-state index is 12.7. The second-order valence-corrected chi connectivity index (χ2v) is 9.80. The lowest BCUT2D eigenvalue weighted by molar-refractivity contribution is -0.121. The van der Waals surface area contributed by atoms with Gasteiger partial charge in [-0.1, -0.05) is 18.7 Å². The Morgan fingerprint density at radius 3 is 2.68 bits per heavy atom. The number of aromatic nitrogens is 8. The molecule has 0 spiro atoms. The van der Waals surface area contributed by atoms with Gasteiger partial charge in [-0.3, -0.25) is 18.7 Å². The molecular weight excluding hydrogens is 500 g/mol. The van der Waals surface area contributed by atoms with Gasteiger partial charge in [-0.25, -0.2) is 24.4 Å². The number of imidazole rings is 1. The van der Waals surface area contributed by atoms with Crippen molar-refractivity contribution in [1.82, 2.24) is 43.8 Å². The standard InChI is InChI=1S/C22H28N10O4S/c1-4-37-21-26-17(30-7-9-36-10-8-30)14-11-25-32(18(14)27-21)6-5-23-15(33)12-31-13-24-19-16(31)20(34)29(3)22(35)28(19)2/h11,13H,4-10,12H2,1-3H3,(H,23,33). The summed E-state index contributed by atoms with van der Waals surface area (Å²) in [5.41, 5.74) is 0.181. The number of morpholine rings is 1. The van der Waals surface area contributed by atoms with Crippen molar-refractivity contribution < 1.29 is 9.53 Å². The normalized spacial score (nSPS) is 14.1. The summed E-state index contributed by atoms with van der Waals surface area (Å²) in [7, 11) is 2.93. The second-order valence-electron chi connectivity index (χ2n) is 8.57. The van der Waals surface area contributed by atoms with Gasteiger partial charge in [-0.2, -0.15) is 5.10 Å². The van der Waals surface area contributed by atoms with Crippen LogP contribution in [-0.2, 0) is 36.7 Å². The average Bonchev–Trinajstić information content (AvgIpc) is 3.51. The summed E-state index contributed by atoms with van der Waals surface area (Å²) in [6.07, 6.45) is 3.16. The topological polar surface area (TPSA) is 147 Å². The first-order valence-electron chi connectivity index (χ1n) is 12.0. The van der Waals surface area contributed by atoms with Crippen LogP contribution >= 0.6 is 11.8 Å². The highest BCUT2D eigenvalue weighted by atomic mass is 32.2. The number of rotatable bonds is 8. The Labute approximate surface area is 215 Å². The quantitative estimate of drug-likeness (QED) is 0.231. The van der Waals surface area contributed by atoms with Crippen molar-refractivity contribution in [2.75, 3.05) is 43.5 Å². The molecule has 0 unspecified atom stereocenters. The Balaban J connectivity index is 1.31. The van der Waals surface area contributed by atoms with Crippen LogP contribution in [0.3, 0.4) is 0 Å². The van der Waals surface area contributed by atoms with Crippen molar-refractivity contribution >= 4 is 45.7 Å². The lowest BCUT2D eigenvalue weighted by atomic mass is 10.3. The summed E-state index contributed by atoms with van der Waals surface area (Å²) in [4.78, 5) is 53.2. The van der Waals surface area contributed by atoms with E-state index in [1.165, 1.54) is 29.6 Å². The van der Waals surface area contributed by atoms with Crippen molar-refractivity contribution in [2.45, 2.75) is 25.2 Å². The number of aryl methyl sites for hydroxylation is 1. The predicted molar refractivity (Wildman–Crippen MR) is 138 cm³/mol. The van der Waals surface area contributed by atoms with Crippen molar-refractivity contribution in [3.8, 4) is 0 Å². The molecule has 4 aromatic rings. The van der Waals surface area contributed by atoms with Gasteiger partial charge < -0.3 is 19.5 Å². The highest BCUT2D eigenvalue weighted by molar-refractivity contribution is 7.99. The lowest BCUT2D eigenvalue weighted by Crippen LogP contribution is -2.38. The zero-order chi connectivity index (χ0) is 26.1. The molecule has 1 aliphatic heterocycles. The van der Waals surface area contributed by atoms with Crippen LogP contribution in [0.5, 0.6) is 0 Å². The third-order valence-electron chi connectivity index (χ3n) is 6.22. The molecule has 1 N–H and O–H groups in total. The van der Waals surface area contributed by atoms with Crippen LogP contribution in [0.1, 0.15) is 6.92 Å². The van der Waals surface area contributed by atoms with Gasteiger partial charge in [-0.15, -0.1) is 0 Å². The fourth-order valence-electron chi connectivity index (χ4n) is 4.32. The van der Waals surface area contributed by atoms with E-state index in [1.807, 2.05) is 0 Å². The minimum absolute atomic E-state index is 0.107. The number of carbonyl (C=O) groups is 1. The maximum atomic E-state index is 12.7. The van der Waals surface area contributed by atoms with E-state index in [2.05, 4.69) is 27.2 Å². The first-order chi connectivity index (χ1) is 17.9. The number of hydrogen-bond donors (Lipinski definition) is 1. The molecule has 15 heteroatoms. The zero-order valence-corrected chi connectivity index (χ0v) is 21.7. The van der Waals surface area contributed by atoms with E-state index in [0.29, 0.717) is 37.1 Å². The summed E-state index contributed by atoms with van der Waals surface area (Å²) < 4.78 is 11.0. The van der Waals surface area contributed by atoms with Gasteiger partial charge in [0.2, 0.25) is 5.91 Å². The van der Waals surface area contributed by atoms with Crippen molar-refractivity contribution in [3.63, 3.8) is 0 Å². The third-order valence-corrected chi connectivity index (χ3v) is 6.95. The molecule has 14 nitrogen and oxygen atoms in total. The Morgan fingerprint density at radius 1 is 1.14 bits per heavy atom. The molecule has 0 radical (unpaired) electrons. The monoisotopic (exact) mass is 528 g/mol. The lowest BCUT2D eigenvalue weighted by Gasteiger charge is -2.28. The molecule has 0 atom stereocenters. The van der Waals surface area contributed by atoms with E-state index in [1.54, 1.807) is 22.6 Å². The molecule has 196 valence electrons. The summed E-state index contributed by atoms with van der Waals surface area (Å²) in [5.74, 6) is 1.40. The maximum Gasteiger partial charge on any atom is 0.332 e. The molecular formula is C22H28N10O4S. The number of nitrogens with zero attached hydrogens (tertiary/aromatic N) is 9. The number of amides is 1. The first kappa shape index (κ1) is 25.0. The van der Waals surface area contributed by atoms with E-state index >= 15 is 0 Å². The zero-order valence-electron chi connectivity index (χ0n) is 20.9. The number of nitrogens with one attached hydrogen (secondary N) is 1. The van der Waals surface area contributed by atoms with Crippen LogP contribution in [0.2, 0.25) is 0 Å². The third kappa shape index (κ3) is 4.71. The number of fused-ring (bicyclic) bond motifs is 2. The Morgan fingerprint density at radius 2 is 1.92 bits per heavy atom. The van der Waals surface area contributed by atoms with E-state index in [4.69, 9.17) is 14.7 Å². The van der Waals surface area contributed by atoms with E-state index in [-0.39, 0.29) is 23.6 Å². The number of carbonyl (C=O) groups excluding carboxylic acids is 1. The van der Waals surface area contributed by atoms with Crippen LogP contribution in [0.15, 0.2) is 27.3 Å². The highest BCUT2D eigenvalue weighted by Crippen LogP contribution is 2.27. The second kappa shape index (κ2) is 10.3. The molecule has 4 aromatic heterocycles. The smallest absolute Gasteiger partial charge is 0.332 e. The molecule has 5 rings (SSSR count). The summed E-state index contributed by atoms with van der Waals surface area (Å²) in [5, 5.41) is 8.92. The van der Waals surface area contributed by atoms with E-state index < -0.39 is 11.2 Å². The molecule has 1 aliphatic rings. The van der Waals surface area contributed by atoms with Crippen LogP contribution in [0.25, 0.3) is 22.2 Å². The highest BCUT2D eigenvalue weighted by Gasteiger charge is 2.20. The summed E-state index contributed by atoms with van der Waals surface area (Å²) in [6.45, 7) is 5.47. The summed E-state index contributed by atoms with van der Waals surface area (Å²) >= 11 is 1.57. The fourth-order valence-corrected chi connectivity index (χ4v) is 4.88. The van der Waals surface area contributed by atoms with Gasteiger partial charge in [-0.05, 0) is 5.75 Å². The van der Waals surface area contributed by atoms with Gasteiger partial charge >= 0.3 is 5.69 Å². The van der Waals surface area contributed by atoms with Crippen molar-refractivity contribution in [3.05, 3.63) is 33.4 Å². The minimum Gasteiger partial charge on any atom is -0.378 e. The Kier molecular flexibility index (Phi) is 6.97.